The van der Waals surface area contributed by atoms with Crippen LogP contribution in [0.2, 0.25) is 0 Å². The van der Waals surface area contributed by atoms with Crippen LogP contribution in [-0.2, 0) is 25.6 Å². The number of nitrogens with zero attached hydrogens (tertiary/aromatic N) is 1. The van der Waals surface area contributed by atoms with Crippen molar-refractivity contribution in [2.75, 3.05) is 27.2 Å². The second-order valence-corrected chi connectivity index (χ2v) is 6.96. The van der Waals surface area contributed by atoms with E-state index in [9.17, 15) is 18.0 Å². The third-order valence-electron chi connectivity index (χ3n) is 5.01. The first-order chi connectivity index (χ1) is 13.3. The van der Waals surface area contributed by atoms with Crippen LogP contribution in [0.1, 0.15) is 32.6 Å². The molecule has 0 fully saturated rings. The highest BCUT2D eigenvalue weighted by atomic mass is 19.4. The molecule has 4 nitrogen and oxygen atoms in total. The number of alkyl halides is 3. The SMILES string of the molecule is COc1ccc(C(F)(F)F)cc1C(=O)NCCc1cccc2c1CCN(C)C2. The lowest BCUT2D eigenvalue weighted by atomic mass is 9.93. The molecule has 0 aromatic heterocycles. The molecule has 0 unspecified atom stereocenters. The highest BCUT2D eigenvalue weighted by molar-refractivity contribution is 5.97. The minimum atomic E-state index is -4.52. The second-order valence-electron chi connectivity index (χ2n) is 6.96. The highest BCUT2D eigenvalue weighted by Crippen LogP contribution is 2.32. The van der Waals surface area contributed by atoms with Gasteiger partial charge in [0, 0.05) is 19.6 Å². The van der Waals surface area contributed by atoms with Crippen molar-refractivity contribution in [3.05, 3.63) is 64.2 Å². The molecule has 1 amide bonds. The minimum absolute atomic E-state index is 0.116. The van der Waals surface area contributed by atoms with E-state index in [1.54, 1.807) is 0 Å². The van der Waals surface area contributed by atoms with Crippen molar-refractivity contribution in [2.24, 2.45) is 0 Å². The third kappa shape index (κ3) is 4.47. The summed E-state index contributed by atoms with van der Waals surface area (Å²) in [6, 6.07) is 9.06. The lowest BCUT2D eigenvalue weighted by Gasteiger charge is -2.26. The molecule has 1 aliphatic heterocycles. The number of ether oxygens (including phenoxy) is 1. The van der Waals surface area contributed by atoms with Crippen LogP contribution in [0, 0.1) is 0 Å². The summed E-state index contributed by atoms with van der Waals surface area (Å²) >= 11 is 0. The average molecular weight is 392 g/mol. The predicted molar refractivity (Wildman–Crippen MR) is 101 cm³/mol. The van der Waals surface area contributed by atoms with Gasteiger partial charge in [-0.3, -0.25) is 4.79 Å². The number of likely N-dealkylation sites (N-methyl/N-ethyl adjacent to an activating group) is 1. The Morgan fingerprint density at radius 1 is 1.25 bits per heavy atom. The van der Waals surface area contributed by atoms with Gasteiger partial charge in [0.15, 0.2) is 0 Å². The molecule has 0 saturated heterocycles. The van der Waals surface area contributed by atoms with E-state index in [4.69, 9.17) is 4.74 Å². The van der Waals surface area contributed by atoms with Crippen LogP contribution in [0.4, 0.5) is 13.2 Å². The molecule has 1 aliphatic rings. The first kappa shape index (κ1) is 20.2. The van der Waals surface area contributed by atoms with E-state index in [0.29, 0.717) is 13.0 Å². The summed E-state index contributed by atoms with van der Waals surface area (Å²) in [5.41, 5.74) is 2.78. The van der Waals surface area contributed by atoms with Crippen molar-refractivity contribution >= 4 is 5.91 Å². The van der Waals surface area contributed by atoms with Gasteiger partial charge in [0.1, 0.15) is 5.75 Å². The lowest BCUT2D eigenvalue weighted by molar-refractivity contribution is -0.137. The summed E-state index contributed by atoms with van der Waals surface area (Å²) in [5, 5.41) is 2.72. The molecule has 2 aromatic rings. The average Bonchev–Trinajstić information content (AvgIpc) is 2.66. The molecular weight excluding hydrogens is 369 g/mol. The van der Waals surface area contributed by atoms with Gasteiger partial charge in [0.25, 0.3) is 5.91 Å². The summed E-state index contributed by atoms with van der Waals surface area (Å²) in [6.45, 7) is 2.22. The molecule has 0 saturated carbocycles. The van der Waals surface area contributed by atoms with Gasteiger partial charge < -0.3 is 15.0 Å². The van der Waals surface area contributed by atoms with E-state index in [1.807, 2.05) is 12.1 Å². The zero-order chi connectivity index (χ0) is 20.3. The van der Waals surface area contributed by atoms with E-state index in [-0.39, 0.29) is 11.3 Å². The van der Waals surface area contributed by atoms with Crippen molar-refractivity contribution < 1.29 is 22.7 Å². The van der Waals surface area contributed by atoms with Gasteiger partial charge >= 0.3 is 6.18 Å². The van der Waals surface area contributed by atoms with E-state index < -0.39 is 17.6 Å². The van der Waals surface area contributed by atoms with Gasteiger partial charge in [0.2, 0.25) is 0 Å². The van der Waals surface area contributed by atoms with Crippen LogP contribution in [0.3, 0.4) is 0 Å². The van der Waals surface area contributed by atoms with Crippen LogP contribution in [-0.4, -0.2) is 38.1 Å². The third-order valence-corrected chi connectivity index (χ3v) is 5.01. The molecule has 2 aromatic carbocycles. The van der Waals surface area contributed by atoms with Crippen LogP contribution in [0.25, 0.3) is 0 Å². The maximum atomic E-state index is 13.0. The highest BCUT2D eigenvalue weighted by Gasteiger charge is 2.32. The Balaban J connectivity index is 1.69. The van der Waals surface area contributed by atoms with Gasteiger partial charge in [0.05, 0.1) is 18.2 Å². The van der Waals surface area contributed by atoms with Crippen LogP contribution in [0.5, 0.6) is 5.75 Å². The zero-order valence-electron chi connectivity index (χ0n) is 15.9. The molecule has 28 heavy (non-hydrogen) atoms. The number of fused-ring (bicyclic) bond motifs is 1. The summed E-state index contributed by atoms with van der Waals surface area (Å²) in [4.78, 5) is 14.7. The Morgan fingerprint density at radius 3 is 2.75 bits per heavy atom. The smallest absolute Gasteiger partial charge is 0.416 e. The maximum absolute atomic E-state index is 13.0. The topological polar surface area (TPSA) is 41.6 Å². The molecule has 0 atom stereocenters. The largest absolute Gasteiger partial charge is 0.496 e. The number of hydrogen-bond donors (Lipinski definition) is 1. The van der Waals surface area contributed by atoms with E-state index in [1.165, 1.54) is 29.9 Å². The monoisotopic (exact) mass is 392 g/mol. The maximum Gasteiger partial charge on any atom is 0.416 e. The number of nitrogens with one attached hydrogen (secondary N) is 1. The Morgan fingerprint density at radius 2 is 2.04 bits per heavy atom. The normalized spacial score (nSPS) is 14.5. The molecule has 0 bridgehead atoms. The Hall–Kier alpha value is -2.54. The number of rotatable bonds is 5. The number of carbonyl (C=O) groups excluding carboxylic acids is 1. The van der Waals surface area contributed by atoms with Crippen molar-refractivity contribution in [3.8, 4) is 5.75 Å². The fraction of sp³-hybridized carbons (Fsp3) is 0.381. The number of methoxy groups -OCH3 is 1. The molecule has 7 heteroatoms. The molecule has 3 rings (SSSR count). The standard InChI is InChI=1S/C21H23F3N2O2/c1-26-11-9-17-14(4-3-5-15(17)13-26)8-10-25-20(27)18-12-16(21(22,23)24)6-7-19(18)28-2/h3-7,12H,8-11,13H2,1-2H3,(H,25,27). The number of amides is 1. The van der Waals surface area contributed by atoms with Gasteiger partial charge in [-0.05, 0) is 54.8 Å². The van der Waals surface area contributed by atoms with E-state index in [0.717, 1.165) is 31.6 Å². The number of benzene rings is 2. The van der Waals surface area contributed by atoms with Gasteiger partial charge in [-0.25, -0.2) is 0 Å². The fourth-order valence-corrected chi connectivity index (χ4v) is 3.53. The van der Waals surface area contributed by atoms with Gasteiger partial charge in [-0.15, -0.1) is 0 Å². The summed E-state index contributed by atoms with van der Waals surface area (Å²) in [5.74, 6) is -0.460. The molecular formula is C21H23F3N2O2. The van der Waals surface area contributed by atoms with Crippen LogP contribution < -0.4 is 10.1 Å². The molecule has 0 spiro atoms. The number of hydrogen-bond acceptors (Lipinski definition) is 3. The van der Waals surface area contributed by atoms with Crippen molar-refractivity contribution in [3.63, 3.8) is 0 Å². The number of carbonyl (C=O) groups is 1. The second kappa shape index (κ2) is 8.22. The Bertz CT molecular complexity index is 865. The quantitative estimate of drug-likeness (QED) is 0.844. The molecule has 0 aliphatic carbocycles. The zero-order valence-corrected chi connectivity index (χ0v) is 15.9. The minimum Gasteiger partial charge on any atom is -0.496 e. The summed E-state index contributed by atoms with van der Waals surface area (Å²) in [6.07, 6.45) is -2.94. The first-order valence-corrected chi connectivity index (χ1v) is 9.11. The van der Waals surface area contributed by atoms with Crippen LogP contribution >= 0.6 is 0 Å². The fourth-order valence-electron chi connectivity index (χ4n) is 3.53. The van der Waals surface area contributed by atoms with Crippen LogP contribution in [0.15, 0.2) is 36.4 Å². The Labute approximate surface area is 162 Å². The predicted octanol–water partition coefficient (Wildman–Crippen LogP) is 3.67. The Kier molecular flexibility index (Phi) is 5.93. The lowest BCUT2D eigenvalue weighted by Crippen LogP contribution is -2.29. The van der Waals surface area contributed by atoms with Crippen molar-refractivity contribution in [1.29, 1.82) is 0 Å². The van der Waals surface area contributed by atoms with E-state index >= 15 is 0 Å². The van der Waals surface area contributed by atoms with Gasteiger partial charge in [-0.1, -0.05) is 18.2 Å². The number of halogens is 3. The molecule has 0 radical (unpaired) electrons. The molecule has 150 valence electrons. The van der Waals surface area contributed by atoms with Gasteiger partial charge in [-0.2, -0.15) is 13.2 Å². The molecule has 1 heterocycles. The first-order valence-electron chi connectivity index (χ1n) is 9.11. The van der Waals surface area contributed by atoms with Crippen molar-refractivity contribution in [2.45, 2.75) is 25.6 Å². The van der Waals surface area contributed by atoms with E-state index in [2.05, 4.69) is 23.3 Å². The summed E-state index contributed by atoms with van der Waals surface area (Å²) < 4.78 is 43.9. The van der Waals surface area contributed by atoms with Crippen molar-refractivity contribution in [1.82, 2.24) is 10.2 Å². The molecule has 1 N–H and O–H groups in total. The summed E-state index contributed by atoms with van der Waals surface area (Å²) in [7, 11) is 3.41.